The van der Waals surface area contributed by atoms with Crippen LogP contribution in [-0.4, -0.2) is 30.7 Å². The van der Waals surface area contributed by atoms with Gasteiger partial charge in [-0.1, -0.05) is 60.7 Å². The molecule has 1 N–H and O–H groups in total. The summed E-state index contributed by atoms with van der Waals surface area (Å²) in [5.74, 6) is 0. The number of hydrogen-bond acceptors (Lipinski definition) is 3. The number of amides is 1. The highest BCUT2D eigenvalue weighted by molar-refractivity contribution is 5.66. The number of methoxy groups -OCH3 is 1. The van der Waals surface area contributed by atoms with Gasteiger partial charge in [0.1, 0.15) is 0 Å². The Morgan fingerprint density at radius 1 is 1.00 bits per heavy atom. The number of hydrogen-bond donors (Lipinski definition) is 1. The van der Waals surface area contributed by atoms with E-state index >= 15 is 0 Å². The van der Waals surface area contributed by atoms with Crippen LogP contribution in [0.1, 0.15) is 18.1 Å². The molecular weight excluding hydrogens is 288 g/mol. The number of carbonyl (C=O) groups excluding carboxylic acids is 1. The number of nitrogens with one attached hydrogen (secondary N) is 1. The quantitative estimate of drug-likeness (QED) is 0.851. The van der Waals surface area contributed by atoms with Gasteiger partial charge in [0.05, 0.1) is 7.11 Å². The van der Waals surface area contributed by atoms with Gasteiger partial charge in [0.25, 0.3) is 0 Å². The van der Waals surface area contributed by atoms with Crippen LogP contribution in [0.5, 0.6) is 0 Å². The van der Waals surface area contributed by atoms with Crippen molar-refractivity contribution in [2.75, 3.05) is 13.7 Å². The van der Waals surface area contributed by atoms with Gasteiger partial charge in [-0.2, -0.15) is 0 Å². The summed E-state index contributed by atoms with van der Waals surface area (Å²) in [6.45, 7) is 4.33. The van der Waals surface area contributed by atoms with Gasteiger partial charge >= 0.3 is 6.09 Å². The molecule has 0 radical (unpaired) electrons. The van der Waals surface area contributed by atoms with Gasteiger partial charge in [0.2, 0.25) is 0 Å². The van der Waals surface area contributed by atoms with E-state index in [-0.39, 0.29) is 6.04 Å². The van der Waals surface area contributed by atoms with Gasteiger partial charge in [0, 0.05) is 25.7 Å². The number of benzene rings is 2. The highest BCUT2D eigenvalue weighted by Gasteiger charge is 2.16. The first kappa shape index (κ1) is 17.0. The fourth-order valence-electron chi connectivity index (χ4n) is 2.44. The minimum Gasteiger partial charge on any atom is -0.453 e. The molecule has 0 fully saturated rings. The monoisotopic (exact) mass is 312 g/mol. The molecule has 2 aromatic rings. The van der Waals surface area contributed by atoms with Crippen LogP contribution in [0, 0.1) is 0 Å². The Kier molecular flexibility index (Phi) is 6.63. The van der Waals surface area contributed by atoms with Crippen molar-refractivity contribution in [3.8, 4) is 0 Å². The molecule has 0 aliphatic heterocycles. The van der Waals surface area contributed by atoms with E-state index in [1.807, 2.05) is 36.4 Å². The lowest BCUT2D eigenvalue weighted by Gasteiger charge is -2.29. The van der Waals surface area contributed by atoms with Gasteiger partial charge in [-0.3, -0.25) is 4.90 Å². The molecule has 0 aliphatic carbocycles. The van der Waals surface area contributed by atoms with Gasteiger partial charge in [-0.15, -0.1) is 0 Å². The van der Waals surface area contributed by atoms with E-state index in [1.54, 1.807) is 0 Å². The van der Waals surface area contributed by atoms with Crippen LogP contribution in [0.4, 0.5) is 4.79 Å². The summed E-state index contributed by atoms with van der Waals surface area (Å²) in [6, 6.07) is 20.9. The topological polar surface area (TPSA) is 41.6 Å². The maximum atomic E-state index is 11.3. The largest absolute Gasteiger partial charge is 0.453 e. The first-order valence-electron chi connectivity index (χ1n) is 7.82. The Morgan fingerprint density at radius 3 is 1.91 bits per heavy atom. The normalized spacial score (nSPS) is 12.0. The molecule has 2 rings (SSSR count). The predicted octanol–water partition coefficient (Wildman–Crippen LogP) is 3.43. The van der Waals surface area contributed by atoms with Crippen LogP contribution < -0.4 is 5.32 Å². The molecule has 1 atom stereocenters. The van der Waals surface area contributed by atoms with Crippen molar-refractivity contribution in [1.29, 1.82) is 0 Å². The van der Waals surface area contributed by atoms with E-state index in [2.05, 4.69) is 46.1 Å². The molecule has 0 aromatic heterocycles. The van der Waals surface area contributed by atoms with Crippen LogP contribution in [0.2, 0.25) is 0 Å². The van der Waals surface area contributed by atoms with Crippen molar-refractivity contribution in [3.63, 3.8) is 0 Å². The van der Waals surface area contributed by atoms with E-state index < -0.39 is 6.09 Å². The molecule has 122 valence electrons. The maximum absolute atomic E-state index is 11.3. The molecule has 0 heterocycles. The summed E-state index contributed by atoms with van der Waals surface area (Å²) < 4.78 is 4.65. The van der Waals surface area contributed by atoms with Gasteiger partial charge in [-0.25, -0.2) is 4.79 Å². The molecule has 0 unspecified atom stereocenters. The minimum atomic E-state index is -0.392. The second kappa shape index (κ2) is 8.96. The Balaban J connectivity index is 2.05. The number of alkyl carbamates (subject to hydrolysis) is 1. The third-order valence-corrected chi connectivity index (χ3v) is 3.81. The summed E-state index contributed by atoms with van der Waals surface area (Å²) in [7, 11) is 1.38. The number of carbonyl (C=O) groups is 1. The van der Waals surface area contributed by atoms with E-state index in [4.69, 9.17) is 0 Å². The number of ether oxygens (including phenoxy) is 1. The molecule has 23 heavy (non-hydrogen) atoms. The van der Waals surface area contributed by atoms with Crippen LogP contribution in [0.25, 0.3) is 0 Å². The molecule has 0 saturated heterocycles. The fourth-order valence-corrected chi connectivity index (χ4v) is 2.44. The fraction of sp³-hybridized carbons (Fsp3) is 0.316. The second-order valence-corrected chi connectivity index (χ2v) is 5.60. The molecule has 2 aromatic carbocycles. The summed E-state index contributed by atoms with van der Waals surface area (Å²) in [5, 5.41) is 2.78. The average Bonchev–Trinajstić information content (AvgIpc) is 2.60. The highest BCUT2D eigenvalue weighted by Crippen LogP contribution is 2.13. The third kappa shape index (κ3) is 5.75. The van der Waals surface area contributed by atoms with Crippen molar-refractivity contribution >= 4 is 6.09 Å². The van der Waals surface area contributed by atoms with E-state index in [0.29, 0.717) is 6.54 Å². The Hall–Kier alpha value is -2.33. The molecular formula is C19H24N2O2. The van der Waals surface area contributed by atoms with Gasteiger partial charge < -0.3 is 10.1 Å². The van der Waals surface area contributed by atoms with Crippen molar-refractivity contribution in [1.82, 2.24) is 10.2 Å². The Labute approximate surface area is 138 Å². The second-order valence-electron chi connectivity index (χ2n) is 5.60. The minimum absolute atomic E-state index is 0.189. The zero-order chi connectivity index (χ0) is 16.5. The average molecular weight is 312 g/mol. The molecule has 0 spiro atoms. The third-order valence-electron chi connectivity index (χ3n) is 3.81. The van der Waals surface area contributed by atoms with Gasteiger partial charge in [0.15, 0.2) is 0 Å². The van der Waals surface area contributed by atoms with E-state index in [1.165, 1.54) is 18.2 Å². The zero-order valence-corrected chi connectivity index (χ0v) is 13.7. The Morgan fingerprint density at radius 2 is 1.48 bits per heavy atom. The smallest absolute Gasteiger partial charge is 0.406 e. The zero-order valence-electron chi connectivity index (χ0n) is 13.7. The first-order chi connectivity index (χ1) is 11.2. The van der Waals surface area contributed by atoms with E-state index in [0.717, 1.165) is 13.1 Å². The van der Waals surface area contributed by atoms with Crippen LogP contribution in [-0.2, 0) is 17.8 Å². The summed E-state index contributed by atoms with van der Waals surface area (Å²) in [4.78, 5) is 13.7. The standard InChI is InChI=1S/C19H24N2O2/c1-16(13-20-19(22)23-2)21(14-17-9-5-3-6-10-17)15-18-11-7-4-8-12-18/h3-12,16H,13-15H2,1-2H3,(H,20,22)/t16-/m0/s1. The summed E-state index contributed by atoms with van der Waals surface area (Å²) in [6.07, 6.45) is -0.392. The highest BCUT2D eigenvalue weighted by atomic mass is 16.5. The van der Waals surface area contributed by atoms with Gasteiger partial charge in [-0.05, 0) is 18.1 Å². The maximum Gasteiger partial charge on any atom is 0.406 e. The molecule has 0 saturated carbocycles. The lowest BCUT2D eigenvalue weighted by Crippen LogP contribution is -2.41. The number of nitrogens with zero attached hydrogens (tertiary/aromatic N) is 1. The molecule has 0 bridgehead atoms. The predicted molar refractivity (Wildman–Crippen MR) is 92.0 cm³/mol. The number of rotatable bonds is 7. The van der Waals surface area contributed by atoms with Crippen molar-refractivity contribution in [3.05, 3.63) is 71.8 Å². The lowest BCUT2D eigenvalue weighted by molar-refractivity contribution is 0.156. The van der Waals surface area contributed by atoms with Crippen LogP contribution >= 0.6 is 0 Å². The summed E-state index contributed by atoms with van der Waals surface area (Å²) in [5.41, 5.74) is 2.52. The van der Waals surface area contributed by atoms with E-state index in [9.17, 15) is 4.79 Å². The molecule has 4 nitrogen and oxygen atoms in total. The Bertz CT molecular complexity index is 545. The van der Waals surface area contributed by atoms with Crippen molar-refractivity contribution < 1.29 is 9.53 Å². The first-order valence-corrected chi connectivity index (χ1v) is 7.82. The van der Waals surface area contributed by atoms with Crippen molar-refractivity contribution in [2.24, 2.45) is 0 Å². The van der Waals surface area contributed by atoms with Crippen molar-refractivity contribution in [2.45, 2.75) is 26.1 Å². The van der Waals surface area contributed by atoms with Crippen LogP contribution in [0.15, 0.2) is 60.7 Å². The summed E-state index contributed by atoms with van der Waals surface area (Å²) >= 11 is 0. The SMILES string of the molecule is COC(=O)NC[C@H](C)N(Cc1ccccc1)Cc1ccccc1. The molecule has 4 heteroatoms. The van der Waals surface area contributed by atoms with Crippen LogP contribution in [0.3, 0.4) is 0 Å². The lowest BCUT2D eigenvalue weighted by atomic mass is 10.1. The molecule has 1 amide bonds. The molecule has 0 aliphatic rings.